The van der Waals surface area contributed by atoms with E-state index in [9.17, 15) is 14.9 Å². The first kappa shape index (κ1) is 15.4. The summed E-state index contributed by atoms with van der Waals surface area (Å²) >= 11 is 0. The van der Waals surface area contributed by atoms with Crippen LogP contribution in [0.2, 0.25) is 0 Å². The monoisotopic (exact) mass is 297 g/mol. The fourth-order valence-corrected chi connectivity index (χ4v) is 2.43. The summed E-state index contributed by atoms with van der Waals surface area (Å²) in [6, 6.07) is 0. The molecule has 0 radical (unpaired) electrons. The molecule has 0 unspecified atom stereocenters. The molecule has 9 nitrogen and oxygen atoms in total. The van der Waals surface area contributed by atoms with Crippen molar-refractivity contribution in [3.05, 3.63) is 15.8 Å². The molecule has 1 aromatic rings. The van der Waals surface area contributed by atoms with Crippen molar-refractivity contribution in [1.82, 2.24) is 14.7 Å². The second-order valence-electron chi connectivity index (χ2n) is 4.69. The van der Waals surface area contributed by atoms with Crippen molar-refractivity contribution in [3.63, 3.8) is 0 Å². The third-order valence-electron chi connectivity index (χ3n) is 3.47. The lowest BCUT2D eigenvalue weighted by atomic mass is 10.3. The first-order valence-electron chi connectivity index (χ1n) is 6.91. The van der Waals surface area contributed by atoms with Crippen molar-refractivity contribution in [2.75, 3.05) is 38.2 Å². The predicted molar refractivity (Wildman–Crippen MR) is 75.2 cm³/mol. The summed E-state index contributed by atoms with van der Waals surface area (Å²) in [4.78, 5) is 23.5. The summed E-state index contributed by atoms with van der Waals surface area (Å²) in [6.07, 6.45) is 0.883. The fraction of sp³-hybridized carbons (Fsp3) is 0.667. The Bertz CT molecular complexity index is 510. The second-order valence-corrected chi connectivity index (χ2v) is 4.69. The number of nitrogens with one attached hydrogen (secondary N) is 1. The Morgan fingerprint density at radius 2 is 2.14 bits per heavy atom. The van der Waals surface area contributed by atoms with Crippen LogP contribution >= 0.6 is 0 Å². The topological polar surface area (TPSA) is 103 Å². The Morgan fingerprint density at radius 1 is 1.43 bits per heavy atom. The molecular weight excluding hydrogens is 278 g/mol. The molecular formula is C12H19N5O4. The van der Waals surface area contributed by atoms with Gasteiger partial charge in [-0.25, -0.2) is 0 Å². The van der Waals surface area contributed by atoms with E-state index in [0.717, 1.165) is 19.6 Å². The van der Waals surface area contributed by atoms with Gasteiger partial charge in [-0.3, -0.25) is 24.5 Å². The Morgan fingerprint density at radius 3 is 2.71 bits per heavy atom. The number of nitro groups is 1. The van der Waals surface area contributed by atoms with Crippen molar-refractivity contribution in [1.29, 1.82) is 0 Å². The number of aromatic nitrogens is 2. The van der Waals surface area contributed by atoms with E-state index in [2.05, 4.69) is 15.3 Å². The van der Waals surface area contributed by atoms with Gasteiger partial charge in [0.1, 0.15) is 5.69 Å². The Hall–Kier alpha value is -2.00. The third kappa shape index (κ3) is 3.56. The van der Waals surface area contributed by atoms with Gasteiger partial charge in [0.05, 0.1) is 24.7 Å². The maximum atomic E-state index is 11.2. The van der Waals surface area contributed by atoms with Gasteiger partial charge < -0.3 is 10.1 Å². The van der Waals surface area contributed by atoms with Crippen LogP contribution in [0.1, 0.15) is 12.6 Å². The number of morpholine rings is 1. The maximum Gasteiger partial charge on any atom is 0.334 e. The number of carbonyl (C=O) groups is 1. The third-order valence-corrected chi connectivity index (χ3v) is 3.47. The van der Waals surface area contributed by atoms with Gasteiger partial charge in [-0.2, -0.15) is 0 Å². The first-order chi connectivity index (χ1) is 10.2. The van der Waals surface area contributed by atoms with Crippen LogP contribution in [0.3, 0.4) is 0 Å². The number of carbonyl (C=O) groups excluding carboxylic acids is 1. The van der Waals surface area contributed by atoms with Gasteiger partial charge in [0, 0.05) is 19.6 Å². The van der Waals surface area contributed by atoms with Crippen LogP contribution in [-0.4, -0.2) is 58.9 Å². The number of nitrogens with zero attached hydrogens (tertiary/aromatic N) is 4. The van der Waals surface area contributed by atoms with Crippen molar-refractivity contribution in [2.24, 2.45) is 0 Å². The van der Waals surface area contributed by atoms with E-state index >= 15 is 0 Å². The highest BCUT2D eigenvalue weighted by Crippen LogP contribution is 2.28. The summed E-state index contributed by atoms with van der Waals surface area (Å²) in [7, 11) is 0. The Balaban J connectivity index is 2.15. The molecule has 0 spiro atoms. The average molecular weight is 297 g/mol. The lowest BCUT2D eigenvalue weighted by Crippen LogP contribution is -2.38. The van der Waals surface area contributed by atoms with Gasteiger partial charge >= 0.3 is 5.69 Å². The highest BCUT2D eigenvalue weighted by Gasteiger charge is 2.26. The molecule has 0 aromatic carbocycles. The molecule has 0 atom stereocenters. The minimum Gasteiger partial charge on any atom is -0.379 e. The number of hydrogen-bond acceptors (Lipinski definition) is 6. The normalized spacial score (nSPS) is 15.9. The summed E-state index contributed by atoms with van der Waals surface area (Å²) in [5.74, 6) is 0.00817. The summed E-state index contributed by atoms with van der Waals surface area (Å²) in [5, 5.41) is 17.6. The van der Waals surface area contributed by atoms with Crippen LogP contribution in [0.15, 0.2) is 0 Å². The molecule has 0 bridgehead atoms. The highest BCUT2D eigenvalue weighted by atomic mass is 16.6. The van der Waals surface area contributed by atoms with Gasteiger partial charge in [-0.15, -0.1) is 5.10 Å². The minimum absolute atomic E-state index is 0.00817. The standard InChI is InChI=1S/C12H19N5O4/c1-2-10-11(17(19)20)12(13-9-18)14-16(10)4-3-15-5-7-21-8-6-15/h9H,2-8H2,1H3,(H,13,14,18). The molecule has 0 aliphatic carbocycles. The quantitative estimate of drug-likeness (QED) is 0.440. The van der Waals surface area contributed by atoms with Crippen LogP contribution < -0.4 is 5.32 Å². The van der Waals surface area contributed by atoms with E-state index in [1.165, 1.54) is 0 Å². The molecule has 116 valence electrons. The molecule has 1 fully saturated rings. The van der Waals surface area contributed by atoms with E-state index in [-0.39, 0.29) is 11.5 Å². The van der Waals surface area contributed by atoms with Gasteiger partial charge in [-0.1, -0.05) is 6.92 Å². The van der Waals surface area contributed by atoms with E-state index in [0.29, 0.717) is 38.3 Å². The molecule has 1 amide bonds. The van der Waals surface area contributed by atoms with Gasteiger partial charge in [0.25, 0.3) is 0 Å². The van der Waals surface area contributed by atoms with Crippen LogP contribution in [0, 0.1) is 10.1 Å². The number of ether oxygens (including phenoxy) is 1. The average Bonchev–Trinajstić information content (AvgIpc) is 2.84. The number of hydrogen-bond donors (Lipinski definition) is 1. The van der Waals surface area contributed by atoms with Crippen LogP contribution in [0.25, 0.3) is 0 Å². The SMILES string of the molecule is CCc1c([N+](=O)[O-])c(NC=O)nn1CCN1CCOCC1. The number of anilines is 1. The summed E-state index contributed by atoms with van der Waals surface area (Å²) in [5.41, 5.74) is 0.407. The highest BCUT2D eigenvalue weighted by molar-refractivity contribution is 5.75. The van der Waals surface area contributed by atoms with Crippen LogP contribution in [0.5, 0.6) is 0 Å². The summed E-state index contributed by atoms with van der Waals surface area (Å²) in [6.45, 7) is 6.24. The van der Waals surface area contributed by atoms with Crippen molar-refractivity contribution in [3.8, 4) is 0 Å². The lowest BCUT2D eigenvalue weighted by Gasteiger charge is -2.26. The van der Waals surface area contributed by atoms with Crippen LogP contribution in [0.4, 0.5) is 11.5 Å². The van der Waals surface area contributed by atoms with Gasteiger partial charge in [0.2, 0.25) is 12.2 Å². The molecule has 1 aliphatic rings. The fourth-order valence-electron chi connectivity index (χ4n) is 2.43. The van der Waals surface area contributed by atoms with E-state index in [1.807, 2.05) is 6.92 Å². The smallest absolute Gasteiger partial charge is 0.334 e. The van der Waals surface area contributed by atoms with E-state index in [1.54, 1.807) is 4.68 Å². The van der Waals surface area contributed by atoms with Crippen molar-refractivity contribution < 1.29 is 14.5 Å². The molecule has 1 N–H and O–H groups in total. The molecule has 0 saturated carbocycles. The van der Waals surface area contributed by atoms with Crippen LogP contribution in [-0.2, 0) is 22.5 Å². The molecule has 2 rings (SSSR count). The molecule has 21 heavy (non-hydrogen) atoms. The van der Waals surface area contributed by atoms with E-state index in [4.69, 9.17) is 4.74 Å². The molecule has 2 heterocycles. The summed E-state index contributed by atoms with van der Waals surface area (Å²) < 4.78 is 6.89. The van der Waals surface area contributed by atoms with Crippen molar-refractivity contribution >= 4 is 17.9 Å². The van der Waals surface area contributed by atoms with Crippen molar-refractivity contribution in [2.45, 2.75) is 19.9 Å². The maximum absolute atomic E-state index is 11.2. The zero-order chi connectivity index (χ0) is 15.2. The van der Waals surface area contributed by atoms with E-state index < -0.39 is 4.92 Å². The predicted octanol–water partition coefficient (Wildman–Crippen LogP) is 0.254. The molecule has 1 aliphatic heterocycles. The lowest BCUT2D eigenvalue weighted by molar-refractivity contribution is -0.384. The van der Waals surface area contributed by atoms with Gasteiger partial charge in [-0.05, 0) is 6.42 Å². The zero-order valence-electron chi connectivity index (χ0n) is 11.9. The number of amides is 1. The first-order valence-corrected chi connectivity index (χ1v) is 6.91. The van der Waals surface area contributed by atoms with Gasteiger partial charge in [0.15, 0.2) is 0 Å². The Kier molecular flexibility index (Phi) is 5.23. The minimum atomic E-state index is -0.497. The largest absolute Gasteiger partial charge is 0.379 e. The molecule has 1 saturated heterocycles. The Labute approximate surface area is 122 Å². The second kappa shape index (κ2) is 7.14. The molecule has 1 aromatic heterocycles. The number of rotatable bonds is 7. The molecule has 9 heteroatoms. The zero-order valence-corrected chi connectivity index (χ0v) is 11.9.